The van der Waals surface area contributed by atoms with Crippen LogP contribution in [0, 0.1) is 18.3 Å². The molecule has 0 rings (SSSR count). The first-order valence-corrected chi connectivity index (χ1v) is 4.35. The first-order valence-electron chi connectivity index (χ1n) is 4.35. The average Bonchev–Trinajstić information content (AvgIpc) is 2.03. The normalized spacial score (nSPS) is 14.5. The topological polar surface area (TPSA) is 29.1 Å². The summed E-state index contributed by atoms with van der Waals surface area (Å²) in [4.78, 5) is 11.2. The van der Waals surface area contributed by atoms with Crippen LogP contribution in [0.3, 0.4) is 0 Å². The van der Waals surface area contributed by atoms with Gasteiger partial charge in [-0.1, -0.05) is 26.2 Å². The Morgan fingerprint density at radius 3 is 2.58 bits per heavy atom. The van der Waals surface area contributed by atoms with Crippen LogP contribution in [0.15, 0.2) is 0 Å². The molecule has 2 atom stereocenters. The largest absolute Gasteiger partial charge is 0.343 e. The van der Waals surface area contributed by atoms with E-state index in [-0.39, 0.29) is 11.9 Å². The molecule has 68 valence electrons. The molecule has 0 saturated heterocycles. The number of carbonyl (C=O) groups is 1. The molecule has 12 heavy (non-hydrogen) atoms. The lowest BCUT2D eigenvalue weighted by atomic mass is 10.0. The molecule has 1 amide bonds. The Labute approximate surface area is 74.7 Å². The van der Waals surface area contributed by atoms with Gasteiger partial charge in [0, 0.05) is 6.42 Å². The highest BCUT2D eigenvalue weighted by molar-refractivity contribution is 5.76. The summed E-state index contributed by atoms with van der Waals surface area (Å²) in [6.07, 6.45) is 6.72. The summed E-state index contributed by atoms with van der Waals surface area (Å²) in [6, 6.07) is -0.151. The number of amides is 1. The standard InChI is InChI=1S/C10H17NO/c1-5-8(3)7-10(12)11-9(4)6-2/h2,8-9H,5,7H2,1,3-4H3,(H,11,12). The SMILES string of the molecule is C#CC(C)NC(=O)CC(C)CC. The van der Waals surface area contributed by atoms with Crippen LogP contribution in [0.1, 0.15) is 33.6 Å². The molecule has 2 unspecified atom stereocenters. The lowest BCUT2D eigenvalue weighted by Crippen LogP contribution is -2.32. The summed E-state index contributed by atoms with van der Waals surface area (Å²) in [5, 5.41) is 2.72. The predicted molar refractivity (Wildman–Crippen MR) is 50.5 cm³/mol. The van der Waals surface area contributed by atoms with E-state index >= 15 is 0 Å². The van der Waals surface area contributed by atoms with Crippen molar-refractivity contribution in [2.24, 2.45) is 5.92 Å². The van der Waals surface area contributed by atoms with Gasteiger partial charge in [-0.05, 0) is 12.8 Å². The molecule has 0 radical (unpaired) electrons. The van der Waals surface area contributed by atoms with E-state index in [1.807, 2.05) is 0 Å². The van der Waals surface area contributed by atoms with Crippen molar-refractivity contribution in [1.82, 2.24) is 5.32 Å². The molecule has 0 aromatic heterocycles. The van der Waals surface area contributed by atoms with Crippen molar-refractivity contribution in [2.45, 2.75) is 39.7 Å². The van der Waals surface area contributed by atoms with Gasteiger partial charge in [0.05, 0.1) is 6.04 Å². The summed E-state index contributed by atoms with van der Waals surface area (Å²) in [5.74, 6) is 2.95. The maximum Gasteiger partial charge on any atom is 0.221 e. The second-order valence-corrected chi connectivity index (χ2v) is 3.17. The molecule has 0 heterocycles. The minimum absolute atomic E-state index is 0.0507. The Morgan fingerprint density at radius 1 is 1.58 bits per heavy atom. The third kappa shape index (κ3) is 4.79. The number of carbonyl (C=O) groups excluding carboxylic acids is 1. The quantitative estimate of drug-likeness (QED) is 0.632. The highest BCUT2D eigenvalue weighted by Crippen LogP contribution is 2.05. The molecule has 0 bridgehead atoms. The van der Waals surface area contributed by atoms with Gasteiger partial charge in [0.15, 0.2) is 0 Å². The van der Waals surface area contributed by atoms with Crippen LogP contribution >= 0.6 is 0 Å². The molecule has 0 saturated carbocycles. The van der Waals surface area contributed by atoms with Gasteiger partial charge in [-0.2, -0.15) is 0 Å². The van der Waals surface area contributed by atoms with Crippen molar-refractivity contribution >= 4 is 5.91 Å². The van der Waals surface area contributed by atoms with Gasteiger partial charge in [0.1, 0.15) is 0 Å². The Kier molecular flexibility index (Phi) is 5.19. The fraction of sp³-hybridized carbons (Fsp3) is 0.700. The van der Waals surface area contributed by atoms with Crippen LogP contribution < -0.4 is 5.32 Å². The highest BCUT2D eigenvalue weighted by Gasteiger charge is 2.08. The van der Waals surface area contributed by atoms with Crippen molar-refractivity contribution in [3.63, 3.8) is 0 Å². The molecule has 0 aromatic carbocycles. The fourth-order valence-corrected chi connectivity index (χ4v) is 0.803. The molecule has 0 spiro atoms. The first-order chi connectivity index (χ1) is 5.60. The highest BCUT2D eigenvalue weighted by atomic mass is 16.1. The van der Waals surface area contributed by atoms with Gasteiger partial charge in [-0.15, -0.1) is 6.42 Å². The molecule has 0 fully saturated rings. The van der Waals surface area contributed by atoms with E-state index in [2.05, 4.69) is 25.1 Å². The summed E-state index contributed by atoms with van der Waals surface area (Å²) < 4.78 is 0. The Hall–Kier alpha value is -0.970. The predicted octanol–water partition coefficient (Wildman–Crippen LogP) is 1.56. The summed E-state index contributed by atoms with van der Waals surface area (Å²) in [7, 11) is 0. The minimum atomic E-state index is -0.151. The van der Waals surface area contributed by atoms with Crippen LogP contribution in [0.2, 0.25) is 0 Å². The summed E-state index contributed by atoms with van der Waals surface area (Å²) >= 11 is 0. The third-order valence-corrected chi connectivity index (χ3v) is 1.86. The van der Waals surface area contributed by atoms with E-state index in [1.165, 1.54) is 0 Å². The van der Waals surface area contributed by atoms with Crippen LogP contribution in [0.4, 0.5) is 0 Å². The Balaban J connectivity index is 3.68. The van der Waals surface area contributed by atoms with Gasteiger partial charge in [-0.25, -0.2) is 0 Å². The fourth-order valence-electron chi connectivity index (χ4n) is 0.803. The van der Waals surface area contributed by atoms with E-state index in [1.54, 1.807) is 6.92 Å². The molecular formula is C10H17NO. The van der Waals surface area contributed by atoms with Crippen LogP contribution in [0.25, 0.3) is 0 Å². The van der Waals surface area contributed by atoms with Gasteiger partial charge in [0.25, 0.3) is 0 Å². The summed E-state index contributed by atoms with van der Waals surface area (Å²) in [5.41, 5.74) is 0. The van der Waals surface area contributed by atoms with E-state index in [0.29, 0.717) is 12.3 Å². The van der Waals surface area contributed by atoms with E-state index < -0.39 is 0 Å². The van der Waals surface area contributed by atoms with Crippen molar-refractivity contribution in [2.75, 3.05) is 0 Å². The number of nitrogens with one attached hydrogen (secondary N) is 1. The van der Waals surface area contributed by atoms with Gasteiger partial charge in [-0.3, -0.25) is 4.79 Å². The number of hydrogen-bond acceptors (Lipinski definition) is 1. The average molecular weight is 167 g/mol. The number of terminal acetylenes is 1. The van der Waals surface area contributed by atoms with E-state index in [4.69, 9.17) is 6.42 Å². The van der Waals surface area contributed by atoms with Gasteiger partial charge in [0.2, 0.25) is 5.91 Å². The molecule has 0 aliphatic carbocycles. The molecule has 1 N–H and O–H groups in total. The van der Waals surface area contributed by atoms with Gasteiger partial charge < -0.3 is 5.32 Å². The molecule has 0 aromatic rings. The van der Waals surface area contributed by atoms with E-state index in [9.17, 15) is 4.79 Å². The smallest absolute Gasteiger partial charge is 0.221 e. The van der Waals surface area contributed by atoms with Crippen LogP contribution in [-0.4, -0.2) is 11.9 Å². The van der Waals surface area contributed by atoms with Crippen molar-refractivity contribution in [3.8, 4) is 12.3 Å². The maximum absolute atomic E-state index is 11.2. The summed E-state index contributed by atoms with van der Waals surface area (Å²) in [6.45, 7) is 5.93. The second-order valence-electron chi connectivity index (χ2n) is 3.17. The monoisotopic (exact) mass is 167 g/mol. The molecule has 0 aliphatic rings. The molecule has 0 aliphatic heterocycles. The van der Waals surface area contributed by atoms with Crippen molar-refractivity contribution in [1.29, 1.82) is 0 Å². The van der Waals surface area contributed by atoms with Crippen molar-refractivity contribution in [3.05, 3.63) is 0 Å². The molecule has 2 heteroatoms. The molecule has 2 nitrogen and oxygen atoms in total. The molecular weight excluding hydrogens is 150 g/mol. The number of hydrogen-bond donors (Lipinski definition) is 1. The van der Waals surface area contributed by atoms with E-state index in [0.717, 1.165) is 6.42 Å². The Morgan fingerprint density at radius 2 is 2.17 bits per heavy atom. The lowest BCUT2D eigenvalue weighted by molar-refractivity contribution is -0.122. The van der Waals surface area contributed by atoms with Gasteiger partial charge >= 0.3 is 0 Å². The second kappa shape index (κ2) is 5.65. The zero-order chi connectivity index (χ0) is 9.56. The zero-order valence-electron chi connectivity index (χ0n) is 8.05. The van der Waals surface area contributed by atoms with Crippen molar-refractivity contribution < 1.29 is 4.79 Å². The maximum atomic E-state index is 11.2. The third-order valence-electron chi connectivity index (χ3n) is 1.86. The first kappa shape index (κ1) is 11.0. The van der Waals surface area contributed by atoms with Crippen LogP contribution in [0.5, 0.6) is 0 Å². The Bertz CT molecular complexity index is 181. The van der Waals surface area contributed by atoms with Crippen LogP contribution in [-0.2, 0) is 4.79 Å². The minimum Gasteiger partial charge on any atom is -0.343 e. The number of rotatable bonds is 4. The lowest BCUT2D eigenvalue weighted by Gasteiger charge is -2.10. The zero-order valence-corrected chi connectivity index (χ0v) is 8.05.